The van der Waals surface area contributed by atoms with Crippen LogP contribution in [-0.4, -0.2) is 7.11 Å². The molecule has 2 aliphatic heterocycles. The third-order valence-corrected chi connectivity index (χ3v) is 13.7. The van der Waals surface area contributed by atoms with E-state index in [0.717, 1.165) is 75.3 Å². The molecule has 2 heterocycles. The van der Waals surface area contributed by atoms with Crippen LogP contribution in [0, 0.1) is 0 Å². The fourth-order valence-electron chi connectivity index (χ4n) is 10.6. The van der Waals surface area contributed by atoms with Gasteiger partial charge in [0.25, 0.3) is 0 Å². The molecule has 0 saturated heterocycles. The minimum atomic E-state index is -0.00688. The molecule has 5 nitrogen and oxygen atoms in total. The molecule has 1 aliphatic carbocycles. The van der Waals surface area contributed by atoms with E-state index in [2.05, 4.69) is 209 Å². The Morgan fingerprint density at radius 2 is 0.892 bits per heavy atom. The Bertz CT molecular complexity index is 3160. The SMILES string of the molecule is COc1ccc(-c2ccc(N(c3ccc(-c4ccc5c(c4)C4(CCCC4)c4ccccc4N5c4ccccc4)cc3)c3ccc4c(c3)Oc3ccccc3N4c3ccccc3)cc2)cc1. The van der Waals surface area contributed by atoms with Crippen molar-refractivity contribution >= 4 is 51.2 Å². The zero-order valence-corrected chi connectivity index (χ0v) is 36.3. The van der Waals surface area contributed by atoms with Gasteiger partial charge in [-0.15, -0.1) is 0 Å². The van der Waals surface area contributed by atoms with Gasteiger partial charge < -0.3 is 24.2 Å². The van der Waals surface area contributed by atoms with Crippen LogP contribution in [0.4, 0.5) is 51.2 Å². The Morgan fingerprint density at radius 3 is 1.54 bits per heavy atom. The van der Waals surface area contributed by atoms with E-state index in [1.165, 1.54) is 52.2 Å². The van der Waals surface area contributed by atoms with Gasteiger partial charge in [0.2, 0.25) is 0 Å². The summed E-state index contributed by atoms with van der Waals surface area (Å²) in [6.45, 7) is 0. The Morgan fingerprint density at radius 1 is 0.415 bits per heavy atom. The van der Waals surface area contributed by atoms with Gasteiger partial charge >= 0.3 is 0 Å². The molecule has 1 saturated carbocycles. The minimum Gasteiger partial charge on any atom is -0.497 e. The van der Waals surface area contributed by atoms with Gasteiger partial charge in [-0.25, -0.2) is 0 Å². The van der Waals surface area contributed by atoms with Crippen molar-refractivity contribution in [1.29, 1.82) is 0 Å². The van der Waals surface area contributed by atoms with Gasteiger partial charge in [-0.1, -0.05) is 122 Å². The molecule has 0 unspecified atom stereocenters. The number of nitrogens with zero attached hydrogens (tertiary/aromatic N) is 3. The molecule has 9 aromatic rings. The zero-order valence-electron chi connectivity index (χ0n) is 36.3. The van der Waals surface area contributed by atoms with Crippen molar-refractivity contribution < 1.29 is 9.47 Å². The first-order valence-electron chi connectivity index (χ1n) is 22.7. The maximum absolute atomic E-state index is 6.73. The second-order valence-corrected chi connectivity index (χ2v) is 17.3. The summed E-state index contributed by atoms with van der Waals surface area (Å²) in [7, 11) is 1.70. The molecular weight excluding hydrogens is 795 g/mol. The molecule has 9 aromatic carbocycles. The second-order valence-electron chi connectivity index (χ2n) is 17.3. The van der Waals surface area contributed by atoms with Crippen molar-refractivity contribution in [3.63, 3.8) is 0 Å². The molecule has 0 aromatic heterocycles. The molecule has 0 bridgehead atoms. The van der Waals surface area contributed by atoms with Crippen molar-refractivity contribution in [1.82, 2.24) is 0 Å². The van der Waals surface area contributed by atoms with Crippen LogP contribution in [-0.2, 0) is 5.41 Å². The highest BCUT2D eigenvalue weighted by Gasteiger charge is 2.45. The first kappa shape index (κ1) is 38.6. The number of anilines is 9. The Hall–Kier alpha value is -8.02. The third-order valence-electron chi connectivity index (χ3n) is 13.7. The van der Waals surface area contributed by atoms with Crippen LogP contribution < -0.4 is 24.2 Å². The molecule has 0 N–H and O–H groups in total. The summed E-state index contributed by atoms with van der Waals surface area (Å²) < 4.78 is 12.2. The zero-order chi connectivity index (χ0) is 43.3. The van der Waals surface area contributed by atoms with E-state index in [0.29, 0.717) is 0 Å². The Kier molecular flexibility index (Phi) is 9.49. The number of fused-ring (bicyclic) bond motifs is 6. The van der Waals surface area contributed by atoms with Crippen LogP contribution >= 0.6 is 0 Å². The molecule has 314 valence electrons. The maximum atomic E-state index is 6.73. The number of benzene rings is 9. The lowest BCUT2D eigenvalue weighted by molar-refractivity contribution is 0.415. The highest BCUT2D eigenvalue weighted by molar-refractivity contribution is 5.91. The van der Waals surface area contributed by atoms with E-state index in [4.69, 9.17) is 9.47 Å². The minimum absolute atomic E-state index is 0.00688. The molecule has 1 spiro atoms. The van der Waals surface area contributed by atoms with E-state index in [9.17, 15) is 0 Å². The number of methoxy groups -OCH3 is 1. The third kappa shape index (κ3) is 6.62. The summed E-state index contributed by atoms with van der Waals surface area (Å²) >= 11 is 0. The number of hydrogen-bond acceptors (Lipinski definition) is 5. The van der Waals surface area contributed by atoms with Gasteiger partial charge in [0, 0.05) is 39.9 Å². The molecule has 65 heavy (non-hydrogen) atoms. The maximum Gasteiger partial charge on any atom is 0.153 e. The van der Waals surface area contributed by atoms with Crippen molar-refractivity contribution in [2.24, 2.45) is 0 Å². The van der Waals surface area contributed by atoms with Crippen molar-refractivity contribution in [3.8, 4) is 39.5 Å². The molecule has 5 heteroatoms. The number of hydrogen-bond donors (Lipinski definition) is 0. The smallest absolute Gasteiger partial charge is 0.153 e. The molecule has 0 amide bonds. The summed E-state index contributed by atoms with van der Waals surface area (Å²) in [6, 6.07) is 78.6. The summed E-state index contributed by atoms with van der Waals surface area (Å²) in [6.07, 6.45) is 4.79. The molecule has 0 atom stereocenters. The van der Waals surface area contributed by atoms with Gasteiger partial charge in [0.15, 0.2) is 11.5 Å². The molecule has 3 aliphatic rings. The lowest BCUT2D eigenvalue weighted by Crippen LogP contribution is -2.33. The largest absolute Gasteiger partial charge is 0.497 e. The van der Waals surface area contributed by atoms with Crippen molar-refractivity contribution in [3.05, 3.63) is 230 Å². The fraction of sp³-hybridized carbons (Fsp3) is 0.100. The molecular formula is C60H47N3O2. The average molecular weight is 842 g/mol. The first-order chi connectivity index (χ1) is 32.1. The van der Waals surface area contributed by atoms with Crippen molar-refractivity contribution in [2.45, 2.75) is 31.1 Å². The number of rotatable bonds is 8. The predicted molar refractivity (Wildman–Crippen MR) is 267 cm³/mol. The van der Waals surface area contributed by atoms with Gasteiger partial charge in [0.05, 0.1) is 29.9 Å². The second kappa shape index (κ2) is 16.0. The number of ether oxygens (including phenoxy) is 2. The standard InChI is InChI=1S/C60H47N3O2/c1-64-51-34-26-43(27-35-51)42-22-29-48(30-23-42)61(50-33-37-57-59(41-50)65-58-21-11-10-20-56(58)63(57)47-16-6-3-7-17-47)49-31-24-44(25-32-49)45-28-36-55-53(40-45)60(38-12-13-39-60)52-18-8-9-19-54(52)62(55)46-14-4-2-5-15-46/h2-11,14-37,40-41H,12-13,38-39H2,1H3. The number of para-hydroxylation sites is 5. The van der Waals surface area contributed by atoms with Gasteiger partial charge in [-0.3, -0.25) is 0 Å². The van der Waals surface area contributed by atoms with Crippen LogP contribution in [0.25, 0.3) is 22.3 Å². The van der Waals surface area contributed by atoms with Crippen LogP contribution in [0.1, 0.15) is 36.8 Å². The molecule has 12 rings (SSSR count). The summed E-state index contributed by atoms with van der Waals surface area (Å²) in [5, 5.41) is 0. The van der Waals surface area contributed by atoms with Crippen LogP contribution in [0.2, 0.25) is 0 Å². The van der Waals surface area contributed by atoms with E-state index >= 15 is 0 Å². The van der Waals surface area contributed by atoms with E-state index in [1.54, 1.807) is 7.11 Å². The van der Waals surface area contributed by atoms with Gasteiger partial charge in [-0.2, -0.15) is 0 Å². The van der Waals surface area contributed by atoms with Crippen LogP contribution in [0.15, 0.2) is 218 Å². The van der Waals surface area contributed by atoms with Gasteiger partial charge in [0.1, 0.15) is 5.75 Å². The molecule has 1 fully saturated rings. The fourth-order valence-corrected chi connectivity index (χ4v) is 10.6. The van der Waals surface area contributed by atoms with Gasteiger partial charge in [-0.05, 0) is 149 Å². The summed E-state index contributed by atoms with van der Waals surface area (Å²) in [4.78, 5) is 7.08. The van der Waals surface area contributed by atoms with Crippen molar-refractivity contribution in [2.75, 3.05) is 21.8 Å². The normalized spacial score (nSPS) is 14.2. The lowest BCUT2D eigenvalue weighted by Gasteiger charge is -2.44. The summed E-state index contributed by atoms with van der Waals surface area (Å²) in [5.74, 6) is 2.46. The summed E-state index contributed by atoms with van der Waals surface area (Å²) in [5.41, 5.74) is 17.5. The topological polar surface area (TPSA) is 28.2 Å². The lowest BCUT2D eigenvalue weighted by atomic mass is 9.69. The first-order valence-corrected chi connectivity index (χ1v) is 22.7. The van der Waals surface area contributed by atoms with Crippen LogP contribution in [0.3, 0.4) is 0 Å². The monoisotopic (exact) mass is 841 g/mol. The predicted octanol–water partition coefficient (Wildman–Crippen LogP) is 16.7. The highest BCUT2D eigenvalue weighted by atomic mass is 16.5. The average Bonchev–Trinajstić information content (AvgIpc) is 3.87. The highest BCUT2D eigenvalue weighted by Crippen LogP contribution is 2.59. The van der Waals surface area contributed by atoms with E-state index in [-0.39, 0.29) is 5.41 Å². The Balaban J connectivity index is 0.951. The Labute approximate surface area is 381 Å². The molecule has 0 radical (unpaired) electrons. The van der Waals surface area contributed by atoms with E-state index < -0.39 is 0 Å². The quantitative estimate of drug-likeness (QED) is 0.152. The van der Waals surface area contributed by atoms with Crippen LogP contribution in [0.5, 0.6) is 17.2 Å². The van der Waals surface area contributed by atoms with E-state index in [1.807, 2.05) is 24.3 Å².